The fraction of sp³-hybridized carbons (Fsp3) is 0.364. The summed E-state index contributed by atoms with van der Waals surface area (Å²) in [6.07, 6.45) is -2.05. The first-order valence-corrected chi connectivity index (χ1v) is 5.62. The van der Waals surface area contributed by atoms with E-state index in [1.165, 1.54) is 19.4 Å². The summed E-state index contributed by atoms with van der Waals surface area (Å²) in [5, 5.41) is 19.3. The van der Waals surface area contributed by atoms with Crippen LogP contribution in [0.5, 0.6) is 0 Å². The molecule has 0 fully saturated rings. The molecule has 0 aliphatic rings. The van der Waals surface area contributed by atoms with E-state index < -0.39 is 30.5 Å². The van der Waals surface area contributed by atoms with Crippen LogP contribution in [0.25, 0.3) is 0 Å². The number of nitrogens with two attached hydrogens (primary N) is 1. The van der Waals surface area contributed by atoms with Gasteiger partial charge in [-0.15, -0.1) is 0 Å². The van der Waals surface area contributed by atoms with Gasteiger partial charge in [0.05, 0.1) is 25.2 Å². The number of amides is 1. The summed E-state index contributed by atoms with van der Waals surface area (Å²) in [7, 11) is 1.17. The van der Waals surface area contributed by atoms with Gasteiger partial charge in [-0.05, 0) is 6.07 Å². The second-order valence-electron chi connectivity index (χ2n) is 3.78. The van der Waals surface area contributed by atoms with E-state index >= 15 is 0 Å². The summed E-state index contributed by atoms with van der Waals surface area (Å²) in [6.45, 7) is 0. The molecule has 0 saturated carbocycles. The second-order valence-corrected chi connectivity index (χ2v) is 4.14. The number of rotatable bonds is 5. The highest BCUT2D eigenvalue weighted by molar-refractivity contribution is 6.32. The molecule has 7 nitrogen and oxygen atoms in total. The molecule has 2 unspecified atom stereocenters. The molecule has 0 aromatic carbocycles. The van der Waals surface area contributed by atoms with Crippen molar-refractivity contribution in [3.05, 3.63) is 28.5 Å². The molecule has 1 amide bonds. The number of pyridine rings is 1. The minimum Gasteiger partial charge on any atom is -0.465 e. The molecule has 104 valence electrons. The van der Waals surface area contributed by atoms with Crippen LogP contribution in [0.1, 0.15) is 28.4 Å². The third-order valence-corrected chi connectivity index (χ3v) is 2.68. The lowest BCUT2D eigenvalue weighted by Crippen LogP contribution is -2.26. The predicted octanol–water partition coefficient (Wildman–Crippen LogP) is -0.209. The predicted molar refractivity (Wildman–Crippen MR) is 65.4 cm³/mol. The number of aliphatic hydroxyl groups excluding tert-OH is 2. The van der Waals surface area contributed by atoms with E-state index in [-0.39, 0.29) is 16.3 Å². The molecule has 2 atom stereocenters. The van der Waals surface area contributed by atoms with E-state index in [1.807, 2.05) is 0 Å². The summed E-state index contributed by atoms with van der Waals surface area (Å²) in [5.41, 5.74) is 4.99. The van der Waals surface area contributed by atoms with Gasteiger partial charge in [-0.3, -0.25) is 4.79 Å². The fourth-order valence-electron chi connectivity index (χ4n) is 1.42. The van der Waals surface area contributed by atoms with Crippen LogP contribution in [0.2, 0.25) is 5.15 Å². The van der Waals surface area contributed by atoms with E-state index in [2.05, 4.69) is 9.72 Å². The maximum Gasteiger partial charge on any atom is 0.341 e. The average Bonchev–Trinajstić information content (AvgIpc) is 2.36. The number of carbonyl (C=O) groups is 2. The lowest BCUT2D eigenvalue weighted by Gasteiger charge is -2.17. The standard InChI is InChI=1S/C11H13ClN2O5/c1-19-11(18)6-2-5(4-14-10(6)12)9(17)7(15)3-8(13)16/h2,4,7,9,15,17H,3H2,1H3,(H2,13,16). The van der Waals surface area contributed by atoms with Crippen molar-refractivity contribution in [1.29, 1.82) is 0 Å². The number of halogens is 1. The second kappa shape index (κ2) is 6.46. The number of hydrogen-bond donors (Lipinski definition) is 3. The lowest BCUT2D eigenvalue weighted by atomic mass is 10.0. The molecule has 4 N–H and O–H groups in total. The third kappa shape index (κ3) is 3.88. The number of primary amides is 1. The largest absolute Gasteiger partial charge is 0.465 e. The van der Waals surface area contributed by atoms with Crippen molar-refractivity contribution in [2.45, 2.75) is 18.6 Å². The molecule has 1 heterocycles. The van der Waals surface area contributed by atoms with Crippen molar-refractivity contribution in [2.24, 2.45) is 5.73 Å². The first-order valence-electron chi connectivity index (χ1n) is 5.25. The number of ether oxygens (including phenoxy) is 1. The van der Waals surface area contributed by atoms with Crippen LogP contribution in [0.3, 0.4) is 0 Å². The number of hydrogen-bond acceptors (Lipinski definition) is 6. The molecule has 19 heavy (non-hydrogen) atoms. The maximum absolute atomic E-state index is 11.4. The average molecular weight is 289 g/mol. The Hall–Kier alpha value is -1.70. The molecular formula is C11H13ClN2O5. The van der Waals surface area contributed by atoms with Crippen molar-refractivity contribution in [1.82, 2.24) is 4.98 Å². The highest BCUT2D eigenvalue weighted by atomic mass is 35.5. The van der Waals surface area contributed by atoms with Crippen molar-refractivity contribution >= 4 is 23.5 Å². The first kappa shape index (κ1) is 15.4. The molecule has 1 rings (SSSR count). The van der Waals surface area contributed by atoms with Crippen molar-refractivity contribution in [3.8, 4) is 0 Å². The van der Waals surface area contributed by atoms with Gasteiger partial charge in [-0.2, -0.15) is 0 Å². The molecular weight excluding hydrogens is 276 g/mol. The highest BCUT2D eigenvalue weighted by Crippen LogP contribution is 2.23. The van der Waals surface area contributed by atoms with Gasteiger partial charge < -0.3 is 20.7 Å². The Kier molecular flexibility index (Phi) is 5.22. The number of nitrogens with zero attached hydrogens (tertiary/aromatic N) is 1. The van der Waals surface area contributed by atoms with E-state index in [0.29, 0.717) is 0 Å². The third-order valence-electron chi connectivity index (χ3n) is 2.38. The smallest absolute Gasteiger partial charge is 0.341 e. The lowest BCUT2D eigenvalue weighted by molar-refractivity contribution is -0.121. The van der Waals surface area contributed by atoms with Gasteiger partial charge in [0.1, 0.15) is 11.3 Å². The van der Waals surface area contributed by atoms with Crippen LogP contribution < -0.4 is 5.73 Å². The first-order chi connectivity index (χ1) is 8.86. The fourth-order valence-corrected chi connectivity index (χ4v) is 1.60. The van der Waals surface area contributed by atoms with E-state index in [0.717, 1.165) is 0 Å². The van der Waals surface area contributed by atoms with E-state index in [9.17, 15) is 19.8 Å². The zero-order chi connectivity index (χ0) is 14.6. The van der Waals surface area contributed by atoms with Gasteiger partial charge in [-0.1, -0.05) is 11.6 Å². The van der Waals surface area contributed by atoms with Crippen LogP contribution >= 0.6 is 11.6 Å². The highest BCUT2D eigenvalue weighted by Gasteiger charge is 2.23. The van der Waals surface area contributed by atoms with Gasteiger partial charge in [0.25, 0.3) is 0 Å². The van der Waals surface area contributed by atoms with Crippen molar-refractivity contribution < 1.29 is 24.5 Å². The van der Waals surface area contributed by atoms with Gasteiger partial charge in [0, 0.05) is 11.8 Å². The normalized spacial score (nSPS) is 13.7. The minimum atomic E-state index is -1.42. The van der Waals surface area contributed by atoms with Gasteiger partial charge in [0.2, 0.25) is 5.91 Å². The topological polar surface area (TPSA) is 123 Å². The van der Waals surface area contributed by atoms with Crippen LogP contribution in [0, 0.1) is 0 Å². The number of carbonyl (C=O) groups excluding carboxylic acids is 2. The molecule has 0 aliphatic carbocycles. The van der Waals surface area contributed by atoms with Crippen molar-refractivity contribution in [2.75, 3.05) is 7.11 Å². The summed E-state index contributed by atoms with van der Waals surface area (Å²) in [5.74, 6) is -1.49. The monoisotopic (exact) mass is 288 g/mol. The Morgan fingerprint density at radius 2 is 2.16 bits per heavy atom. The Bertz CT molecular complexity index is 494. The van der Waals surface area contributed by atoms with Crippen LogP contribution in [0.15, 0.2) is 12.3 Å². The number of esters is 1. The molecule has 0 radical (unpaired) electrons. The SMILES string of the molecule is COC(=O)c1cc(C(O)C(O)CC(N)=O)cnc1Cl. The molecule has 1 aromatic rings. The van der Waals surface area contributed by atoms with Crippen LogP contribution in [-0.4, -0.2) is 40.3 Å². The Balaban J connectivity index is 3.01. The number of aliphatic hydroxyl groups is 2. The molecule has 8 heteroatoms. The summed E-state index contributed by atoms with van der Waals surface area (Å²) >= 11 is 5.71. The molecule has 0 bridgehead atoms. The maximum atomic E-state index is 11.4. The molecule has 0 aliphatic heterocycles. The Morgan fingerprint density at radius 3 is 2.68 bits per heavy atom. The number of aromatic nitrogens is 1. The minimum absolute atomic E-state index is 0.0491. The van der Waals surface area contributed by atoms with Gasteiger partial charge in [-0.25, -0.2) is 9.78 Å². The van der Waals surface area contributed by atoms with E-state index in [4.69, 9.17) is 17.3 Å². The van der Waals surface area contributed by atoms with E-state index in [1.54, 1.807) is 0 Å². The summed E-state index contributed by atoms with van der Waals surface area (Å²) in [4.78, 5) is 25.8. The molecule has 0 spiro atoms. The molecule has 0 saturated heterocycles. The summed E-state index contributed by atoms with van der Waals surface area (Å²) in [6, 6.07) is 1.23. The van der Waals surface area contributed by atoms with Gasteiger partial charge >= 0.3 is 5.97 Å². The summed E-state index contributed by atoms with van der Waals surface area (Å²) < 4.78 is 4.50. The van der Waals surface area contributed by atoms with Crippen LogP contribution in [0.4, 0.5) is 0 Å². The Labute approximate surface area is 114 Å². The Morgan fingerprint density at radius 1 is 1.53 bits per heavy atom. The zero-order valence-electron chi connectivity index (χ0n) is 10.0. The molecule has 1 aromatic heterocycles. The zero-order valence-corrected chi connectivity index (χ0v) is 10.8. The quantitative estimate of drug-likeness (QED) is 0.509. The van der Waals surface area contributed by atoms with Crippen molar-refractivity contribution in [3.63, 3.8) is 0 Å². The van der Waals surface area contributed by atoms with Crippen LogP contribution in [-0.2, 0) is 9.53 Å². The van der Waals surface area contributed by atoms with Gasteiger partial charge in [0.15, 0.2) is 0 Å². The number of methoxy groups -OCH3 is 1.